The van der Waals surface area contributed by atoms with Gasteiger partial charge >= 0.3 is 0 Å². The van der Waals surface area contributed by atoms with Gasteiger partial charge in [0, 0.05) is 18.1 Å². The van der Waals surface area contributed by atoms with Crippen molar-refractivity contribution in [2.24, 2.45) is 41.4 Å². The van der Waals surface area contributed by atoms with Crippen molar-refractivity contribution < 1.29 is 0 Å². The predicted octanol–water partition coefficient (Wildman–Crippen LogP) is 12.8. The van der Waals surface area contributed by atoms with Crippen molar-refractivity contribution in [3.8, 4) is 0 Å². The molecule has 1 heteroatoms. The van der Waals surface area contributed by atoms with E-state index in [0.717, 1.165) is 59.6 Å². The molecule has 0 aromatic rings. The van der Waals surface area contributed by atoms with E-state index < -0.39 is 0 Å². The van der Waals surface area contributed by atoms with Crippen LogP contribution in [0.25, 0.3) is 0 Å². The minimum Gasteiger partial charge on any atom is -0.294 e. The molecule has 6 aliphatic rings. The summed E-state index contributed by atoms with van der Waals surface area (Å²) in [5, 5.41) is 0. The number of hydrogen-bond acceptors (Lipinski definition) is 1. The molecule has 0 unspecified atom stereocenters. The van der Waals surface area contributed by atoms with Crippen LogP contribution in [0.15, 0.2) is 24.3 Å². The zero-order chi connectivity index (χ0) is 30.0. The number of rotatable bonds is 10. The summed E-state index contributed by atoms with van der Waals surface area (Å²) in [6.45, 7) is 2.39. The van der Waals surface area contributed by atoms with Crippen LogP contribution in [0.3, 0.4) is 0 Å². The highest BCUT2D eigenvalue weighted by Gasteiger charge is 2.37. The van der Waals surface area contributed by atoms with Crippen LogP contribution in [0, 0.1) is 41.4 Å². The van der Waals surface area contributed by atoms with Crippen molar-refractivity contribution in [2.45, 2.75) is 205 Å². The fraction of sp³-hybridized carbons (Fsp3) is 0.907. The van der Waals surface area contributed by atoms with Gasteiger partial charge in [-0.1, -0.05) is 82.6 Å². The summed E-state index contributed by atoms with van der Waals surface area (Å²) >= 11 is 0. The maximum Gasteiger partial charge on any atom is 0.0102 e. The van der Waals surface area contributed by atoms with Gasteiger partial charge in [-0.05, 0) is 170 Å². The van der Waals surface area contributed by atoms with Crippen molar-refractivity contribution in [1.29, 1.82) is 0 Å². The molecular weight excluding hydrogens is 530 g/mol. The molecule has 0 N–H and O–H groups in total. The second-order valence-electron chi connectivity index (χ2n) is 17.3. The number of hydrogen-bond donors (Lipinski definition) is 0. The largest absolute Gasteiger partial charge is 0.294 e. The Balaban J connectivity index is 0.904. The van der Waals surface area contributed by atoms with Crippen molar-refractivity contribution in [3.63, 3.8) is 0 Å². The van der Waals surface area contributed by atoms with Gasteiger partial charge in [0.05, 0.1) is 0 Å². The minimum absolute atomic E-state index is 0.870. The van der Waals surface area contributed by atoms with Crippen LogP contribution in [0.4, 0.5) is 0 Å². The van der Waals surface area contributed by atoms with Gasteiger partial charge in [0.1, 0.15) is 0 Å². The van der Waals surface area contributed by atoms with E-state index in [1.54, 1.807) is 0 Å². The lowest BCUT2D eigenvalue weighted by atomic mass is 9.69. The second kappa shape index (κ2) is 17.6. The quantitative estimate of drug-likeness (QED) is 0.224. The summed E-state index contributed by atoms with van der Waals surface area (Å²) in [5.74, 6) is 6.69. The molecule has 1 nitrogen and oxygen atoms in total. The Kier molecular flexibility index (Phi) is 13.3. The minimum atomic E-state index is 0.870. The highest BCUT2D eigenvalue weighted by atomic mass is 15.2. The molecule has 6 rings (SSSR count). The predicted molar refractivity (Wildman–Crippen MR) is 191 cm³/mol. The molecule has 0 heterocycles. The Bertz CT molecular complexity index is 828. The average molecular weight is 604 g/mol. The van der Waals surface area contributed by atoms with E-state index in [-0.39, 0.29) is 0 Å². The first kappa shape index (κ1) is 33.3. The number of allylic oxidation sites excluding steroid dienone is 4. The van der Waals surface area contributed by atoms with Crippen LogP contribution in [0.5, 0.6) is 0 Å². The molecule has 0 aromatic heterocycles. The van der Waals surface area contributed by atoms with Gasteiger partial charge in [-0.2, -0.15) is 0 Å². The summed E-state index contributed by atoms with van der Waals surface area (Å²) in [5.41, 5.74) is 0. The molecule has 0 atom stereocenters. The molecule has 0 saturated heterocycles. The Hall–Kier alpha value is -0.560. The van der Waals surface area contributed by atoms with Gasteiger partial charge in [0.25, 0.3) is 0 Å². The van der Waals surface area contributed by atoms with Crippen molar-refractivity contribution in [1.82, 2.24) is 4.90 Å². The molecular formula is C43H73N. The van der Waals surface area contributed by atoms with Crippen LogP contribution < -0.4 is 0 Å². The Morgan fingerprint density at radius 3 is 1.20 bits per heavy atom. The molecule has 6 saturated carbocycles. The third-order valence-electron chi connectivity index (χ3n) is 14.4. The summed E-state index contributed by atoms with van der Waals surface area (Å²) in [6.07, 6.45) is 52.4. The lowest BCUT2D eigenvalue weighted by Crippen LogP contribution is -2.52. The summed E-state index contributed by atoms with van der Waals surface area (Å²) in [7, 11) is 0. The van der Waals surface area contributed by atoms with Crippen molar-refractivity contribution >= 4 is 0 Å². The van der Waals surface area contributed by atoms with Crippen LogP contribution in [0.2, 0.25) is 0 Å². The first-order valence-corrected chi connectivity index (χ1v) is 20.9. The monoisotopic (exact) mass is 604 g/mol. The first-order chi connectivity index (χ1) is 21.7. The highest BCUT2D eigenvalue weighted by molar-refractivity contribution is 5.00. The Labute approximate surface area is 274 Å². The van der Waals surface area contributed by atoms with Gasteiger partial charge in [-0.3, -0.25) is 4.90 Å². The lowest BCUT2D eigenvalue weighted by Gasteiger charge is -2.49. The van der Waals surface area contributed by atoms with E-state index in [9.17, 15) is 0 Å². The Morgan fingerprint density at radius 1 is 0.386 bits per heavy atom. The average Bonchev–Trinajstić information content (AvgIpc) is 3.09. The normalized spacial score (nSPS) is 39.0. The summed E-state index contributed by atoms with van der Waals surface area (Å²) in [4.78, 5) is 3.18. The molecule has 0 spiro atoms. The van der Waals surface area contributed by atoms with E-state index in [2.05, 4.69) is 36.1 Å². The van der Waals surface area contributed by atoms with Gasteiger partial charge < -0.3 is 0 Å². The second-order valence-corrected chi connectivity index (χ2v) is 17.3. The maximum atomic E-state index is 3.18. The first-order valence-electron chi connectivity index (χ1n) is 20.9. The van der Waals surface area contributed by atoms with E-state index >= 15 is 0 Å². The molecule has 0 aromatic carbocycles. The van der Waals surface area contributed by atoms with Crippen LogP contribution >= 0.6 is 0 Å². The third-order valence-corrected chi connectivity index (χ3v) is 14.4. The van der Waals surface area contributed by atoms with Gasteiger partial charge in [0.15, 0.2) is 0 Å². The standard InChI is InChI=1S/C43H73N/c1-2-9-34-22-30-42(31-23-34)44(41-12-7-4-8-13-41)43-32-24-38(25-33-43)17-16-37-20-28-40(29-21-37)39-26-18-36(19-27-39)15-14-35-10-5-3-6-11-35/h14-17,34-43H,2-13,18-33H2,1H3/b15-14+,17-16+. The van der Waals surface area contributed by atoms with E-state index in [1.807, 2.05) is 0 Å². The zero-order valence-electron chi connectivity index (χ0n) is 29.3. The van der Waals surface area contributed by atoms with Crippen molar-refractivity contribution in [3.05, 3.63) is 24.3 Å². The molecule has 0 bridgehead atoms. The fourth-order valence-electron chi connectivity index (χ4n) is 11.6. The molecule has 0 aliphatic heterocycles. The molecule has 6 aliphatic carbocycles. The molecule has 250 valence electrons. The maximum absolute atomic E-state index is 3.18. The van der Waals surface area contributed by atoms with Crippen LogP contribution in [-0.2, 0) is 0 Å². The smallest absolute Gasteiger partial charge is 0.0102 e. The summed E-state index contributed by atoms with van der Waals surface area (Å²) in [6, 6.07) is 2.71. The van der Waals surface area contributed by atoms with Crippen LogP contribution in [-0.4, -0.2) is 23.0 Å². The fourth-order valence-corrected chi connectivity index (χ4v) is 11.6. The SMILES string of the molecule is CCCC1CCC(N(C2CCCCC2)C2CCC(/C=C/C3CCC(C4CCC(/C=C/C5CCCCC5)CC4)CC3)CC2)CC1. The molecule has 44 heavy (non-hydrogen) atoms. The lowest BCUT2D eigenvalue weighted by molar-refractivity contribution is 0.0114. The van der Waals surface area contributed by atoms with Gasteiger partial charge in [-0.15, -0.1) is 0 Å². The van der Waals surface area contributed by atoms with E-state index in [0.29, 0.717) is 0 Å². The molecule has 6 fully saturated rings. The van der Waals surface area contributed by atoms with E-state index in [4.69, 9.17) is 0 Å². The van der Waals surface area contributed by atoms with Crippen molar-refractivity contribution in [2.75, 3.05) is 0 Å². The summed E-state index contributed by atoms with van der Waals surface area (Å²) < 4.78 is 0. The Morgan fingerprint density at radius 2 is 0.750 bits per heavy atom. The third kappa shape index (κ3) is 9.50. The highest BCUT2D eigenvalue weighted by Crippen LogP contribution is 2.43. The number of nitrogens with zero attached hydrogens (tertiary/aromatic N) is 1. The van der Waals surface area contributed by atoms with E-state index in [1.165, 1.54) is 180 Å². The van der Waals surface area contributed by atoms with Crippen LogP contribution in [0.1, 0.15) is 187 Å². The molecule has 0 amide bonds. The van der Waals surface area contributed by atoms with Gasteiger partial charge in [0.2, 0.25) is 0 Å². The topological polar surface area (TPSA) is 3.24 Å². The van der Waals surface area contributed by atoms with Gasteiger partial charge in [-0.25, -0.2) is 0 Å². The molecule has 0 radical (unpaired) electrons. The zero-order valence-corrected chi connectivity index (χ0v) is 29.3.